The Labute approximate surface area is 159 Å². The third-order valence-corrected chi connectivity index (χ3v) is 4.50. The van der Waals surface area contributed by atoms with E-state index in [4.69, 9.17) is 22.1 Å². The van der Waals surface area contributed by atoms with Crippen molar-refractivity contribution in [3.8, 4) is 5.75 Å². The number of nitrogens with zero attached hydrogens (tertiary/aromatic N) is 1. The molecule has 0 aromatic heterocycles. The van der Waals surface area contributed by atoms with Gasteiger partial charge in [-0.2, -0.15) is 0 Å². The molecule has 6 heteroatoms. The molecular formula is C19H22Cl2N2O2. The van der Waals surface area contributed by atoms with Crippen molar-refractivity contribution < 1.29 is 9.53 Å². The van der Waals surface area contributed by atoms with Crippen molar-refractivity contribution in [1.29, 1.82) is 0 Å². The van der Waals surface area contributed by atoms with E-state index in [2.05, 4.69) is 0 Å². The summed E-state index contributed by atoms with van der Waals surface area (Å²) in [6.07, 6.45) is 0.990. The van der Waals surface area contributed by atoms with Crippen LogP contribution in [0.25, 0.3) is 0 Å². The number of benzene rings is 2. The van der Waals surface area contributed by atoms with E-state index in [1.54, 1.807) is 24.3 Å². The molecule has 2 aromatic rings. The van der Waals surface area contributed by atoms with Crippen LogP contribution in [0.15, 0.2) is 54.6 Å². The average Bonchev–Trinajstić information content (AvgIpc) is 2.62. The average molecular weight is 381 g/mol. The normalized spacial score (nSPS) is 16.0. The minimum Gasteiger partial charge on any atom is -0.476 e. The zero-order valence-corrected chi connectivity index (χ0v) is 15.4. The zero-order valence-electron chi connectivity index (χ0n) is 13.8. The van der Waals surface area contributed by atoms with E-state index in [9.17, 15) is 4.79 Å². The molecule has 1 aliphatic rings. The van der Waals surface area contributed by atoms with Crippen LogP contribution in [0.4, 0.5) is 0 Å². The van der Waals surface area contributed by atoms with Gasteiger partial charge < -0.3 is 15.4 Å². The van der Waals surface area contributed by atoms with Crippen molar-refractivity contribution in [3.63, 3.8) is 0 Å². The highest BCUT2D eigenvalue weighted by molar-refractivity contribution is 6.30. The molecule has 1 aliphatic heterocycles. The number of halogens is 2. The minimum absolute atomic E-state index is 0. The fourth-order valence-electron chi connectivity index (χ4n) is 2.82. The lowest BCUT2D eigenvalue weighted by molar-refractivity contribution is -0.140. The number of rotatable bonds is 4. The second-order valence-electron chi connectivity index (χ2n) is 6.03. The lowest BCUT2D eigenvalue weighted by atomic mass is 10.0. The van der Waals surface area contributed by atoms with Crippen LogP contribution in [-0.4, -0.2) is 29.9 Å². The fourth-order valence-corrected chi connectivity index (χ4v) is 2.95. The lowest BCUT2D eigenvalue weighted by Crippen LogP contribution is -2.45. The van der Waals surface area contributed by atoms with Gasteiger partial charge in [0.25, 0.3) is 5.91 Å². The fraction of sp³-hybridized carbons (Fsp3) is 0.316. The van der Waals surface area contributed by atoms with Gasteiger partial charge >= 0.3 is 0 Å². The molecule has 0 aliphatic carbocycles. The van der Waals surface area contributed by atoms with Crippen molar-refractivity contribution in [2.24, 2.45) is 5.73 Å². The summed E-state index contributed by atoms with van der Waals surface area (Å²) < 4.78 is 6.02. The van der Waals surface area contributed by atoms with Gasteiger partial charge in [0, 0.05) is 29.7 Å². The maximum atomic E-state index is 13.0. The van der Waals surface area contributed by atoms with Crippen LogP contribution in [0.2, 0.25) is 5.02 Å². The second-order valence-corrected chi connectivity index (χ2v) is 6.46. The van der Waals surface area contributed by atoms with E-state index in [-0.39, 0.29) is 24.4 Å². The highest BCUT2D eigenvalue weighted by atomic mass is 35.5. The Hall–Kier alpha value is -1.75. The first-order valence-corrected chi connectivity index (χ1v) is 8.53. The van der Waals surface area contributed by atoms with E-state index >= 15 is 0 Å². The summed E-state index contributed by atoms with van der Waals surface area (Å²) >= 11 is 5.92. The highest BCUT2D eigenvalue weighted by Gasteiger charge is 2.30. The van der Waals surface area contributed by atoms with E-state index in [0.717, 1.165) is 18.4 Å². The van der Waals surface area contributed by atoms with Crippen LogP contribution in [0.5, 0.6) is 5.75 Å². The first-order chi connectivity index (χ1) is 11.6. The Morgan fingerprint density at radius 3 is 2.28 bits per heavy atom. The Morgan fingerprint density at radius 1 is 1.08 bits per heavy atom. The van der Waals surface area contributed by atoms with E-state index in [1.807, 2.05) is 35.2 Å². The minimum atomic E-state index is -0.665. The van der Waals surface area contributed by atoms with Gasteiger partial charge in [0.15, 0.2) is 0 Å². The van der Waals surface area contributed by atoms with Gasteiger partial charge in [0.1, 0.15) is 5.75 Å². The monoisotopic (exact) mass is 380 g/mol. The number of nitrogens with two attached hydrogens (primary N) is 1. The molecule has 1 fully saturated rings. The second kappa shape index (κ2) is 9.09. The standard InChI is InChI=1S/C19H21ClN2O2.ClH/c20-15-6-8-17(9-7-15)24-18(14-4-2-1-3-5-14)19(23)22-12-10-16(21)11-13-22;/h1-9,16,18H,10-13,21H2;1H. The molecule has 0 spiro atoms. The quantitative estimate of drug-likeness (QED) is 0.876. The van der Waals surface area contributed by atoms with Crippen molar-refractivity contribution in [2.75, 3.05) is 13.1 Å². The van der Waals surface area contributed by atoms with Crippen LogP contribution in [0, 0.1) is 0 Å². The van der Waals surface area contributed by atoms with E-state index < -0.39 is 6.10 Å². The molecular weight excluding hydrogens is 359 g/mol. The van der Waals surface area contributed by atoms with E-state index in [1.165, 1.54) is 0 Å². The first kappa shape index (κ1) is 19.6. The van der Waals surface area contributed by atoms with Crippen LogP contribution in [0.3, 0.4) is 0 Å². The summed E-state index contributed by atoms with van der Waals surface area (Å²) in [5.74, 6) is 0.596. The van der Waals surface area contributed by atoms with Crippen molar-refractivity contribution in [3.05, 3.63) is 65.2 Å². The SMILES string of the molecule is Cl.NC1CCN(C(=O)C(Oc2ccc(Cl)cc2)c2ccccc2)CC1. The number of likely N-dealkylation sites (tertiary alicyclic amines) is 1. The van der Waals surface area contributed by atoms with E-state index in [0.29, 0.717) is 23.9 Å². The van der Waals surface area contributed by atoms with Gasteiger partial charge in [-0.15, -0.1) is 12.4 Å². The van der Waals surface area contributed by atoms with Crippen molar-refractivity contribution >= 4 is 29.9 Å². The topological polar surface area (TPSA) is 55.6 Å². The van der Waals surface area contributed by atoms with Crippen LogP contribution in [-0.2, 0) is 4.79 Å². The summed E-state index contributed by atoms with van der Waals surface area (Å²) in [5.41, 5.74) is 6.78. The zero-order chi connectivity index (χ0) is 16.9. The molecule has 1 atom stereocenters. The van der Waals surface area contributed by atoms with Gasteiger partial charge in [-0.3, -0.25) is 4.79 Å². The summed E-state index contributed by atoms with van der Waals surface area (Å²) in [4.78, 5) is 14.9. The molecule has 1 saturated heterocycles. The molecule has 0 bridgehead atoms. The third-order valence-electron chi connectivity index (χ3n) is 4.25. The van der Waals surface area contributed by atoms with Gasteiger partial charge in [-0.25, -0.2) is 0 Å². The van der Waals surface area contributed by atoms with Gasteiger partial charge in [0.05, 0.1) is 0 Å². The van der Waals surface area contributed by atoms with Crippen LogP contribution >= 0.6 is 24.0 Å². The lowest BCUT2D eigenvalue weighted by Gasteiger charge is -2.33. The van der Waals surface area contributed by atoms with Gasteiger partial charge in [-0.1, -0.05) is 41.9 Å². The summed E-state index contributed by atoms with van der Waals surface area (Å²) in [6.45, 7) is 1.35. The maximum Gasteiger partial charge on any atom is 0.268 e. The Morgan fingerprint density at radius 2 is 1.68 bits per heavy atom. The molecule has 4 nitrogen and oxygen atoms in total. The molecule has 25 heavy (non-hydrogen) atoms. The smallest absolute Gasteiger partial charge is 0.268 e. The Bertz CT molecular complexity index is 672. The largest absolute Gasteiger partial charge is 0.476 e. The first-order valence-electron chi connectivity index (χ1n) is 8.15. The number of carbonyl (C=O) groups is 1. The number of piperidine rings is 1. The third kappa shape index (κ3) is 5.11. The molecule has 0 saturated carbocycles. The molecule has 2 N–H and O–H groups in total. The van der Waals surface area contributed by atoms with Crippen molar-refractivity contribution in [1.82, 2.24) is 4.90 Å². The number of ether oxygens (including phenoxy) is 1. The molecule has 1 heterocycles. The maximum absolute atomic E-state index is 13.0. The molecule has 134 valence electrons. The molecule has 0 radical (unpaired) electrons. The Kier molecular flexibility index (Phi) is 7.12. The number of amides is 1. The Balaban J connectivity index is 0.00000225. The molecule has 3 rings (SSSR count). The number of hydrogen-bond acceptors (Lipinski definition) is 3. The van der Waals surface area contributed by atoms with Gasteiger partial charge in [-0.05, 0) is 37.1 Å². The van der Waals surface area contributed by atoms with Crippen LogP contribution in [0.1, 0.15) is 24.5 Å². The number of carbonyl (C=O) groups excluding carboxylic acids is 1. The van der Waals surface area contributed by atoms with Crippen molar-refractivity contribution in [2.45, 2.75) is 25.0 Å². The summed E-state index contributed by atoms with van der Waals surface area (Å²) in [6, 6.07) is 16.8. The predicted octanol–water partition coefficient (Wildman–Crippen LogP) is 3.83. The predicted molar refractivity (Wildman–Crippen MR) is 102 cm³/mol. The molecule has 2 aromatic carbocycles. The van der Waals surface area contributed by atoms with Gasteiger partial charge in [0.2, 0.25) is 6.10 Å². The summed E-state index contributed by atoms with van der Waals surface area (Å²) in [5, 5.41) is 0.634. The summed E-state index contributed by atoms with van der Waals surface area (Å²) in [7, 11) is 0. The number of hydrogen-bond donors (Lipinski definition) is 1. The highest BCUT2D eigenvalue weighted by Crippen LogP contribution is 2.26. The van der Waals surface area contributed by atoms with Crippen LogP contribution < -0.4 is 10.5 Å². The molecule has 1 amide bonds. The molecule has 1 unspecified atom stereocenters.